The summed E-state index contributed by atoms with van der Waals surface area (Å²) in [5.74, 6) is 0.195. The number of hydrogen-bond donors (Lipinski definition) is 2. The van der Waals surface area contributed by atoms with E-state index >= 15 is 0 Å². The zero-order valence-corrected chi connectivity index (χ0v) is 13.8. The number of rotatable bonds is 6. The predicted molar refractivity (Wildman–Crippen MR) is 85.9 cm³/mol. The third-order valence-corrected chi connectivity index (χ3v) is 4.12. The number of benzene rings is 1. The SMILES string of the molecule is COc1ccc(C(O)CNC(=O)C2CC(=O)N(C(C)C)C2)cc1. The maximum atomic E-state index is 12.2. The first-order valence-electron chi connectivity index (χ1n) is 7.81. The van der Waals surface area contributed by atoms with Crippen molar-refractivity contribution in [2.24, 2.45) is 5.92 Å². The van der Waals surface area contributed by atoms with Crippen LogP contribution in [0.15, 0.2) is 24.3 Å². The lowest BCUT2D eigenvalue weighted by molar-refractivity contribution is -0.130. The predicted octanol–water partition coefficient (Wildman–Crippen LogP) is 1.10. The average Bonchev–Trinajstić information content (AvgIpc) is 2.94. The number of aliphatic hydroxyl groups excluding tert-OH is 1. The lowest BCUT2D eigenvalue weighted by atomic mass is 10.1. The van der Waals surface area contributed by atoms with Crippen LogP contribution in [-0.4, -0.2) is 48.1 Å². The van der Waals surface area contributed by atoms with Crippen molar-refractivity contribution in [3.8, 4) is 5.75 Å². The zero-order valence-electron chi connectivity index (χ0n) is 13.8. The Morgan fingerprint density at radius 1 is 1.39 bits per heavy atom. The molecule has 2 rings (SSSR count). The Morgan fingerprint density at radius 2 is 2.04 bits per heavy atom. The summed E-state index contributed by atoms with van der Waals surface area (Å²) in [7, 11) is 1.58. The molecule has 23 heavy (non-hydrogen) atoms. The van der Waals surface area contributed by atoms with Gasteiger partial charge in [0.25, 0.3) is 0 Å². The first-order chi connectivity index (χ1) is 10.9. The number of nitrogens with zero attached hydrogens (tertiary/aromatic N) is 1. The van der Waals surface area contributed by atoms with E-state index in [0.717, 1.165) is 0 Å². The molecule has 0 aliphatic carbocycles. The van der Waals surface area contributed by atoms with Gasteiger partial charge >= 0.3 is 0 Å². The standard InChI is InChI=1S/C17H24N2O4/c1-11(2)19-10-13(8-16(19)21)17(22)18-9-15(20)12-4-6-14(23-3)7-5-12/h4-7,11,13,15,20H,8-10H2,1-3H3,(H,18,22). The molecule has 6 heteroatoms. The van der Waals surface area contributed by atoms with Gasteiger partial charge in [0.1, 0.15) is 5.75 Å². The number of carbonyl (C=O) groups is 2. The summed E-state index contributed by atoms with van der Waals surface area (Å²) in [6.07, 6.45) is -0.550. The monoisotopic (exact) mass is 320 g/mol. The van der Waals surface area contributed by atoms with Crippen molar-refractivity contribution in [2.45, 2.75) is 32.4 Å². The van der Waals surface area contributed by atoms with Gasteiger partial charge in [-0.25, -0.2) is 0 Å². The van der Waals surface area contributed by atoms with Crippen molar-refractivity contribution in [2.75, 3.05) is 20.2 Å². The molecule has 2 amide bonds. The topological polar surface area (TPSA) is 78.9 Å². The third-order valence-electron chi connectivity index (χ3n) is 4.12. The van der Waals surface area contributed by atoms with Crippen LogP contribution in [0.25, 0.3) is 0 Å². The lowest BCUT2D eigenvalue weighted by Crippen LogP contribution is -2.37. The van der Waals surface area contributed by atoms with Crippen LogP contribution in [0, 0.1) is 5.92 Å². The molecule has 126 valence electrons. The van der Waals surface area contributed by atoms with E-state index in [1.807, 2.05) is 13.8 Å². The second-order valence-corrected chi connectivity index (χ2v) is 6.08. The molecule has 1 heterocycles. The van der Waals surface area contributed by atoms with Crippen LogP contribution < -0.4 is 10.1 Å². The van der Waals surface area contributed by atoms with Crippen LogP contribution in [0.1, 0.15) is 31.9 Å². The van der Waals surface area contributed by atoms with Gasteiger partial charge in [-0.2, -0.15) is 0 Å². The minimum atomic E-state index is -0.789. The number of carbonyl (C=O) groups excluding carboxylic acids is 2. The fraction of sp³-hybridized carbons (Fsp3) is 0.529. The zero-order chi connectivity index (χ0) is 17.0. The summed E-state index contributed by atoms with van der Waals surface area (Å²) < 4.78 is 5.07. The molecule has 2 atom stereocenters. The molecule has 0 radical (unpaired) electrons. The van der Waals surface area contributed by atoms with Gasteiger partial charge in [0.15, 0.2) is 0 Å². The number of nitrogens with one attached hydrogen (secondary N) is 1. The summed E-state index contributed by atoms with van der Waals surface area (Å²) in [6.45, 7) is 4.44. The normalized spacial score (nSPS) is 19.1. The Hall–Kier alpha value is -2.08. The van der Waals surface area contributed by atoms with Crippen LogP contribution in [0.3, 0.4) is 0 Å². The fourth-order valence-electron chi connectivity index (χ4n) is 2.69. The van der Waals surface area contributed by atoms with Crippen molar-refractivity contribution in [3.63, 3.8) is 0 Å². The van der Waals surface area contributed by atoms with E-state index in [1.165, 1.54) is 0 Å². The largest absolute Gasteiger partial charge is 0.497 e. The molecule has 6 nitrogen and oxygen atoms in total. The molecule has 1 saturated heterocycles. The maximum Gasteiger partial charge on any atom is 0.225 e. The molecule has 1 aromatic rings. The summed E-state index contributed by atoms with van der Waals surface area (Å²) in [5, 5.41) is 12.9. The molecule has 1 aliphatic rings. The van der Waals surface area contributed by atoms with Crippen LogP contribution in [-0.2, 0) is 9.59 Å². The van der Waals surface area contributed by atoms with Crippen molar-refractivity contribution in [1.82, 2.24) is 10.2 Å². The number of methoxy groups -OCH3 is 1. The first kappa shape index (κ1) is 17.3. The Kier molecular flexibility index (Phi) is 5.60. The second-order valence-electron chi connectivity index (χ2n) is 6.08. The molecular weight excluding hydrogens is 296 g/mol. The van der Waals surface area contributed by atoms with Gasteiger partial charge < -0.3 is 20.1 Å². The first-order valence-corrected chi connectivity index (χ1v) is 7.81. The van der Waals surface area contributed by atoms with E-state index in [9.17, 15) is 14.7 Å². The lowest BCUT2D eigenvalue weighted by Gasteiger charge is -2.21. The molecule has 1 aliphatic heterocycles. The van der Waals surface area contributed by atoms with Gasteiger partial charge in [0.2, 0.25) is 11.8 Å². The highest BCUT2D eigenvalue weighted by Gasteiger charge is 2.35. The van der Waals surface area contributed by atoms with Gasteiger partial charge in [-0.3, -0.25) is 9.59 Å². The summed E-state index contributed by atoms with van der Waals surface area (Å²) >= 11 is 0. The van der Waals surface area contributed by atoms with E-state index in [2.05, 4.69) is 5.32 Å². The summed E-state index contributed by atoms with van der Waals surface area (Å²) in [4.78, 5) is 25.7. The smallest absolute Gasteiger partial charge is 0.225 e. The van der Waals surface area contributed by atoms with Gasteiger partial charge in [-0.15, -0.1) is 0 Å². The number of hydrogen-bond acceptors (Lipinski definition) is 4. The highest BCUT2D eigenvalue weighted by Crippen LogP contribution is 2.21. The highest BCUT2D eigenvalue weighted by molar-refractivity contribution is 5.89. The maximum absolute atomic E-state index is 12.2. The number of amides is 2. The Balaban J connectivity index is 1.85. The minimum absolute atomic E-state index is 0.0100. The minimum Gasteiger partial charge on any atom is -0.497 e. The molecule has 0 aromatic heterocycles. The molecule has 2 N–H and O–H groups in total. The molecule has 2 unspecified atom stereocenters. The average molecular weight is 320 g/mol. The van der Waals surface area contributed by atoms with Gasteiger partial charge in [0, 0.05) is 25.6 Å². The number of likely N-dealkylation sites (tertiary alicyclic amines) is 1. The highest BCUT2D eigenvalue weighted by atomic mass is 16.5. The summed E-state index contributed by atoms with van der Waals surface area (Å²) in [6, 6.07) is 7.14. The van der Waals surface area contributed by atoms with E-state index < -0.39 is 6.10 Å². The van der Waals surface area contributed by atoms with Gasteiger partial charge in [-0.1, -0.05) is 12.1 Å². The van der Waals surface area contributed by atoms with E-state index in [4.69, 9.17) is 4.74 Å². The van der Waals surface area contributed by atoms with E-state index in [-0.39, 0.29) is 36.7 Å². The fourth-order valence-corrected chi connectivity index (χ4v) is 2.69. The molecular formula is C17H24N2O4. The summed E-state index contributed by atoms with van der Waals surface area (Å²) in [5.41, 5.74) is 0.706. The second kappa shape index (κ2) is 7.46. The molecule has 0 saturated carbocycles. The van der Waals surface area contributed by atoms with Crippen molar-refractivity contribution >= 4 is 11.8 Å². The van der Waals surface area contributed by atoms with Crippen molar-refractivity contribution < 1.29 is 19.4 Å². The molecule has 0 spiro atoms. The van der Waals surface area contributed by atoms with E-state index in [1.54, 1.807) is 36.3 Å². The van der Waals surface area contributed by atoms with Crippen molar-refractivity contribution in [3.05, 3.63) is 29.8 Å². The molecule has 0 bridgehead atoms. The number of aliphatic hydroxyl groups is 1. The van der Waals surface area contributed by atoms with Crippen LogP contribution in [0.4, 0.5) is 0 Å². The van der Waals surface area contributed by atoms with Gasteiger partial charge in [0.05, 0.1) is 19.1 Å². The quantitative estimate of drug-likeness (QED) is 0.823. The third kappa shape index (κ3) is 4.22. The van der Waals surface area contributed by atoms with Gasteiger partial charge in [-0.05, 0) is 31.5 Å². The van der Waals surface area contributed by atoms with Crippen molar-refractivity contribution in [1.29, 1.82) is 0 Å². The Labute approximate surface area is 136 Å². The van der Waals surface area contributed by atoms with Crippen LogP contribution >= 0.6 is 0 Å². The molecule has 1 aromatic carbocycles. The van der Waals surface area contributed by atoms with E-state index in [0.29, 0.717) is 17.9 Å². The van der Waals surface area contributed by atoms with Crippen LogP contribution in [0.2, 0.25) is 0 Å². The van der Waals surface area contributed by atoms with Crippen LogP contribution in [0.5, 0.6) is 5.75 Å². The molecule has 1 fully saturated rings. The Morgan fingerprint density at radius 3 is 2.57 bits per heavy atom. The number of ether oxygens (including phenoxy) is 1. The Bertz CT molecular complexity index is 556.